The summed E-state index contributed by atoms with van der Waals surface area (Å²) in [7, 11) is -2.82. The molecule has 0 spiro atoms. The number of nitrogens with one attached hydrogen (secondary N) is 1. The summed E-state index contributed by atoms with van der Waals surface area (Å²) in [5, 5.41) is 2.30. The van der Waals surface area contributed by atoms with Gasteiger partial charge in [-0.1, -0.05) is 18.5 Å². The second-order valence-corrected chi connectivity index (χ2v) is 6.25. The van der Waals surface area contributed by atoms with Gasteiger partial charge in [0.25, 0.3) is 0 Å². The van der Waals surface area contributed by atoms with E-state index in [1.165, 1.54) is 14.0 Å². The summed E-state index contributed by atoms with van der Waals surface area (Å²) in [5.41, 5.74) is 5.00. The van der Waals surface area contributed by atoms with E-state index in [4.69, 9.17) is 17.3 Å². The quantitative estimate of drug-likeness (QED) is 0.785. The van der Waals surface area contributed by atoms with Crippen LogP contribution in [0.4, 0.5) is 10.1 Å². The fourth-order valence-electron chi connectivity index (χ4n) is 1.52. The van der Waals surface area contributed by atoms with Crippen LogP contribution in [0.3, 0.4) is 0 Å². The summed E-state index contributed by atoms with van der Waals surface area (Å²) in [6.45, 7) is 1.12. The number of benzene rings is 1. The lowest BCUT2D eigenvalue weighted by Crippen LogP contribution is -2.39. The molecule has 20 heavy (non-hydrogen) atoms. The van der Waals surface area contributed by atoms with E-state index in [1.807, 2.05) is 0 Å². The molecule has 0 heterocycles. The number of hydrogen-bond donors (Lipinski definition) is 2. The number of likely N-dealkylation sites (N-methyl/N-ethyl adjacent to an activating group) is 2. The number of sulfonamides is 1. The third-order valence-corrected chi connectivity index (χ3v) is 4.74. The van der Waals surface area contributed by atoms with Crippen LogP contribution in [0.25, 0.3) is 0 Å². The normalized spacial score (nSPS) is 11.7. The van der Waals surface area contributed by atoms with Crippen LogP contribution in [-0.4, -0.2) is 38.8 Å². The molecule has 0 aliphatic rings. The average Bonchev–Trinajstić information content (AvgIpc) is 2.39. The molecule has 6 nitrogen and oxygen atoms in total. The molecule has 0 aliphatic carbocycles. The summed E-state index contributed by atoms with van der Waals surface area (Å²) in [4.78, 5) is 10.7. The Bertz CT molecular complexity index is 622. The van der Waals surface area contributed by atoms with E-state index in [0.717, 1.165) is 16.4 Å². The molecule has 0 aliphatic heterocycles. The zero-order valence-corrected chi connectivity index (χ0v) is 12.6. The summed E-state index contributed by atoms with van der Waals surface area (Å²) in [5.74, 6) is -1.59. The predicted octanol–water partition coefficient (Wildman–Crippen LogP) is 0.818. The molecule has 1 amide bonds. The molecule has 1 aromatic carbocycles. The van der Waals surface area contributed by atoms with E-state index in [1.54, 1.807) is 0 Å². The third kappa shape index (κ3) is 3.38. The number of nitrogens with two attached hydrogens (primary N) is 1. The van der Waals surface area contributed by atoms with Crippen molar-refractivity contribution in [1.29, 1.82) is 0 Å². The van der Waals surface area contributed by atoms with Crippen molar-refractivity contribution in [2.75, 3.05) is 25.9 Å². The Morgan fingerprint density at radius 3 is 2.60 bits per heavy atom. The van der Waals surface area contributed by atoms with E-state index in [2.05, 4.69) is 5.32 Å². The molecular formula is C11H15ClFN3O3S. The van der Waals surface area contributed by atoms with Crippen molar-refractivity contribution >= 4 is 33.2 Å². The average molecular weight is 324 g/mol. The number of carbonyl (C=O) groups excluding carboxylic acids is 1. The van der Waals surface area contributed by atoms with Crippen LogP contribution in [-0.2, 0) is 14.8 Å². The molecule has 0 aromatic heterocycles. The van der Waals surface area contributed by atoms with Gasteiger partial charge >= 0.3 is 0 Å². The maximum Gasteiger partial charge on any atom is 0.246 e. The summed E-state index contributed by atoms with van der Waals surface area (Å²) < 4.78 is 39.4. The molecular weight excluding hydrogens is 309 g/mol. The Labute approximate surface area is 121 Å². The molecule has 0 fully saturated rings. The molecule has 0 saturated carbocycles. The smallest absolute Gasteiger partial charge is 0.246 e. The highest BCUT2D eigenvalue weighted by Crippen LogP contribution is 2.27. The number of halogens is 2. The number of amides is 1. The highest BCUT2D eigenvalue weighted by Gasteiger charge is 2.29. The summed E-state index contributed by atoms with van der Waals surface area (Å²) >= 11 is 5.70. The largest absolute Gasteiger partial charge is 0.396 e. The lowest BCUT2D eigenvalue weighted by atomic mass is 10.3. The molecule has 0 saturated heterocycles. The number of anilines is 1. The second-order valence-electron chi connectivity index (χ2n) is 3.91. The number of rotatable bonds is 5. The van der Waals surface area contributed by atoms with Crippen LogP contribution in [0, 0.1) is 5.82 Å². The third-order valence-electron chi connectivity index (χ3n) is 2.60. The maximum atomic E-state index is 13.9. The van der Waals surface area contributed by atoms with Crippen molar-refractivity contribution in [2.45, 2.75) is 11.8 Å². The Morgan fingerprint density at radius 2 is 2.10 bits per heavy atom. The first-order valence-corrected chi connectivity index (χ1v) is 7.51. The molecule has 1 aromatic rings. The minimum absolute atomic E-state index is 0.00142. The van der Waals surface area contributed by atoms with Gasteiger partial charge in [-0.05, 0) is 12.1 Å². The highest BCUT2D eigenvalue weighted by atomic mass is 35.5. The first-order chi connectivity index (χ1) is 9.23. The van der Waals surface area contributed by atoms with Crippen molar-refractivity contribution in [3.05, 3.63) is 23.0 Å². The van der Waals surface area contributed by atoms with Crippen LogP contribution >= 0.6 is 11.6 Å². The molecule has 0 bridgehead atoms. The number of carbonyl (C=O) groups is 1. The molecule has 1 rings (SSSR count). The van der Waals surface area contributed by atoms with E-state index in [9.17, 15) is 17.6 Å². The Kier molecular flexibility index (Phi) is 5.32. The van der Waals surface area contributed by atoms with Gasteiger partial charge in [0.15, 0.2) is 5.82 Å². The van der Waals surface area contributed by atoms with Crippen LogP contribution < -0.4 is 11.1 Å². The van der Waals surface area contributed by atoms with Gasteiger partial charge in [0, 0.05) is 18.6 Å². The summed E-state index contributed by atoms with van der Waals surface area (Å²) in [6.07, 6.45) is 0. The topological polar surface area (TPSA) is 92.5 Å². The van der Waals surface area contributed by atoms with Gasteiger partial charge in [-0.2, -0.15) is 4.31 Å². The monoisotopic (exact) mass is 323 g/mol. The van der Waals surface area contributed by atoms with Gasteiger partial charge in [0.2, 0.25) is 15.9 Å². The molecule has 112 valence electrons. The van der Waals surface area contributed by atoms with Crippen LogP contribution in [0.1, 0.15) is 6.92 Å². The maximum absolute atomic E-state index is 13.9. The highest BCUT2D eigenvalue weighted by molar-refractivity contribution is 7.89. The first kappa shape index (κ1) is 16.7. The second kappa shape index (κ2) is 6.38. The SMILES string of the molecule is CCN(CC(=O)NC)S(=O)(=O)c1cc(Cl)cc(N)c1F. The van der Waals surface area contributed by atoms with Gasteiger partial charge in [0.05, 0.1) is 12.2 Å². The first-order valence-electron chi connectivity index (χ1n) is 5.69. The van der Waals surface area contributed by atoms with Crippen molar-refractivity contribution in [3.8, 4) is 0 Å². The lowest BCUT2D eigenvalue weighted by Gasteiger charge is -2.20. The van der Waals surface area contributed by atoms with Crippen molar-refractivity contribution < 1.29 is 17.6 Å². The van der Waals surface area contributed by atoms with Crippen LogP contribution in [0.2, 0.25) is 5.02 Å². The van der Waals surface area contributed by atoms with E-state index in [0.29, 0.717) is 0 Å². The van der Waals surface area contributed by atoms with Gasteiger partial charge in [-0.25, -0.2) is 12.8 Å². The fourth-order valence-corrected chi connectivity index (χ4v) is 3.33. The zero-order valence-electron chi connectivity index (χ0n) is 11.0. The number of nitrogen functional groups attached to an aromatic ring is 1. The van der Waals surface area contributed by atoms with Crippen molar-refractivity contribution in [1.82, 2.24) is 9.62 Å². The molecule has 0 unspecified atom stereocenters. The number of hydrogen-bond acceptors (Lipinski definition) is 4. The summed E-state index contributed by atoms with van der Waals surface area (Å²) in [6, 6.07) is 2.08. The Morgan fingerprint density at radius 1 is 1.50 bits per heavy atom. The standard InChI is InChI=1S/C11H15ClFN3O3S/c1-3-16(6-10(17)15-2)20(18,19)9-5-7(12)4-8(14)11(9)13/h4-5H,3,6,14H2,1-2H3,(H,15,17). The van der Waals surface area contributed by atoms with Crippen molar-refractivity contribution in [3.63, 3.8) is 0 Å². The molecule has 0 atom stereocenters. The molecule has 9 heteroatoms. The van der Waals surface area contributed by atoms with Gasteiger partial charge in [-0.15, -0.1) is 0 Å². The Hall–Kier alpha value is -1.38. The van der Waals surface area contributed by atoms with Crippen molar-refractivity contribution in [2.24, 2.45) is 0 Å². The number of nitrogens with zero attached hydrogens (tertiary/aromatic N) is 1. The van der Waals surface area contributed by atoms with Gasteiger partial charge in [0.1, 0.15) is 4.90 Å². The lowest BCUT2D eigenvalue weighted by molar-refractivity contribution is -0.120. The van der Waals surface area contributed by atoms with Crippen LogP contribution in [0.5, 0.6) is 0 Å². The molecule has 3 N–H and O–H groups in total. The van der Waals surface area contributed by atoms with E-state index < -0.39 is 33.2 Å². The minimum atomic E-state index is -4.20. The zero-order chi connectivity index (χ0) is 15.5. The van der Waals surface area contributed by atoms with E-state index in [-0.39, 0.29) is 17.3 Å². The Balaban J connectivity index is 3.31. The van der Waals surface area contributed by atoms with Gasteiger partial charge in [-0.3, -0.25) is 4.79 Å². The minimum Gasteiger partial charge on any atom is -0.396 e. The van der Waals surface area contributed by atoms with Gasteiger partial charge < -0.3 is 11.1 Å². The predicted molar refractivity (Wildman–Crippen MR) is 74.3 cm³/mol. The fraction of sp³-hybridized carbons (Fsp3) is 0.364. The van der Waals surface area contributed by atoms with Crippen LogP contribution in [0.15, 0.2) is 17.0 Å². The van der Waals surface area contributed by atoms with E-state index >= 15 is 0 Å². The molecule has 0 radical (unpaired) electrons.